The van der Waals surface area contributed by atoms with Crippen molar-refractivity contribution in [2.24, 2.45) is 11.8 Å². The highest BCUT2D eigenvalue weighted by atomic mass is 35.5. The number of benzene rings is 1. The van der Waals surface area contributed by atoms with Gasteiger partial charge in [0.05, 0.1) is 47.1 Å². The average Bonchev–Trinajstić information content (AvgIpc) is 3.41. The van der Waals surface area contributed by atoms with E-state index in [0.29, 0.717) is 23.5 Å². The zero-order valence-corrected chi connectivity index (χ0v) is 22.2. The van der Waals surface area contributed by atoms with E-state index in [0.717, 1.165) is 43.1 Å². The molecule has 0 spiro atoms. The zero-order valence-electron chi connectivity index (χ0n) is 21.4. The minimum Gasteiger partial charge on any atom is -0.324 e. The molecule has 3 aromatic heterocycles. The average molecular weight is 580 g/mol. The number of halogens is 4. The first-order valence-corrected chi connectivity index (χ1v) is 13.0. The number of nitrogens with one attached hydrogen (secondary N) is 1. The second-order valence-corrected chi connectivity index (χ2v) is 10.4. The van der Waals surface area contributed by atoms with Crippen LogP contribution >= 0.6 is 11.6 Å². The van der Waals surface area contributed by atoms with Gasteiger partial charge in [0.2, 0.25) is 5.95 Å². The SMILES string of the molecule is CC(c1cnc(N2C[C@H]3C[C@H]3[C@H]2C#N)nc1)n1cc(NC(=O)c2cncc(-c3c(C(F)F)ccc(Cl)c3F)n2)cn1. The molecule has 1 amide bonds. The molecule has 0 bridgehead atoms. The van der Waals surface area contributed by atoms with Gasteiger partial charge in [-0.05, 0) is 31.2 Å². The maximum absolute atomic E-state index is 14.7. The Balaban J connectivity index is 1.16. The standard InChI is InChI=1S/C27H21ClF3N9O/c1-13(15-6-34-27(35-7-15)39-11-14-4-18(14)22(39)5-32)40-12-16(8-36-40)37-26(41)21-10-33-9-20(38-21)23-17(25(30)31)2-3-19(28)24(23)29/h2-3,6-10,12-14,18,22,25H,4,11H2,1H3,(H,37,41)/t13?,14-,18-,22-/m1/s1. The first-order valence-electron chi connectivity index (χ1n) is 12.7. The van der Waals surface area contributed by atoms with E-state index in [9.17, 15) is 23.2 Å². The number of nitriles is 1. The van der Waals surface area contributed by atoms with Gasteiger partial charge in [0, 0.05) is 41.8 Å². The molecule has 0 radical (unpaired) electrons. The highest BCUT2D eigenvalue weighted by Crippen LogP contribution is 2.50. The number of aromatic nitrogens is 6. The lowest BCUT2D eigenvalue weighted by Crippen LogP contribution is -2.33. The highest BCUT2D eigenvalue weighted by Gasteiger charge is 2.53. The fourth-order valence-electron chi connectivity index (χ4n) is 5.10. The summed E-state index contributed by atoms with van der Waals surface area (Å²) in [6, 6.07) is 3.92. The van der Waals surface area contributed by atoms with E-state index < -0.39 is 29.3 Å². The number of hydrogen-bond donors (Lipinski definition) is 1. The van der Waals surface area contributed by atoms with Crippen molar-refractivity contribution < 1.29 is 18.0 Å². The molecule has 1 aliphatic heterocycles. The molecule has 1 N–H and O–H groups in total. The number of nitrogens with zero attached hydrogens (tertiary/aromatic N) is 8. The maximum atomic E-state index is 14.7. The summed E-state index contributed by atoms with van der Waals surface area (Å²) in [6.07, 6.45) is 6.71. The molecule has 41 heavy (non-hydrogen) atoms. The number of rotatable bonds is 7. The summed E-state index contributed by atoms with van der Waals surface area (Å²) in [5, 5.41) is 16.1. The summed E-state index contributed by atoms with van der Waals surface area (Å²) in [5.41, 5.74) is -0.511. The fraction of sp³-hybridized carbons (Fsp3) is 0.296. The van der Waals surface area contributed by atoms with Crippen molar-refractivity contribution in [1.29, 1.82) is 5.26 Å². The van der Waals surface area contributed by atoms with Gasteiger partial charge >= 0.3 is 0 Å². The highest BCUT2D eigenvalue weighted by molar-refractivity contribution is 6.31. The molecule has 2 fully saturated rings. The Morgan fingerprint density at radius 3 is 2.71 bits per heavy atom. The molecular formula is C27H21ClF3N9O. The summed E-state index contributed by atoms with van der Waals surface area (Å²) < 4.78 is 43.4. The van der Waals surface area contributed by atoms with Crippen LogP contribution in [0.5, 0.6) is 0 Å². The van der Waals surface area contributed by atoms with Crippen LogP contribution < -0.4 is 10.2 Å². The topological polar surface area (TPSA) is 126 Å². The number of hydrogen-bond acceptors (Lipinski definition) is 8. The van der Waals surface area contributed by atoms with E-state index in [1.807, 2.05) is 11.8 Å². The molecule has 1 saturated heterocycles. The van der Waals surface area contributed by atoms with Crippen LogP contribution in [0.4, 0.5) is 24.8 Å². The summed E-state index contributed by atoms with van der Waals surface area (Å²) in [7, 11) is 0. The van der Waals surface area contributed by atoms with Crippen molar-refractivity contribution in [3.8, 4) is 17.3 Å². The molecule has 1 saturated carbocycles. The summed E-state index contributed by atoms with van der Waals surface area (Å²) in [5.74, 6) is -0.307. The third kappa shape index (κ3) is 4.95. The largest absolute Gasteiger partial charge is 0.324 e. The van der Waals surface area contributed by atoms with E-state index in [-0.39, 0.29) is 28.5 Å². The summed E-state index contributed by atoms with van der Waals surface area (Å²) in [4.78, 5) is 31.7. The molecule has 208 valence electrons. The Kier molecular flexibility index (Phi) is 6.78. The van der Waals surface area contributed by atoms with Gasteiger partial charge in [-0.1, -0.05) is 17.7 Å². The number of fused-ring (bicyclic) bond motifs is 1. The summed E-state index contributed by atoms with van der Waals surface area (Å²) in [6.45, 7) is 2.67. The lowest BCUT2D eigenvalue weighted by Gasteiger charge is -2.22. The first-order chi connectivity index (χ1) is 19.7. The number of amides is 1. The van der Waals surface area contributed by atoms with Gasteiger partial charge in [-0.15, -0.1) is 0 Å². The third-order valence-corrected chi connectivity index (χ3v) is 7.71. The minimum atomic E-state index is -2.99. The Bertz CT molecular complexity index is 1670. The normalized spacial score (nSPS) is 20.0. The summed E-state index contributed by atoms with van der Waals surface area (Å²) >= 11 is 5.80. The molecule has 1 aromatic carbocycles. The van der Waals surface area contributed by atoms with Crippen LogP contribution in [-0.4, -0.2) is 48.2 Å². The molecule has 6 rings (SSSR count). The van der Waals surface area contributed by atoms with Crippen LogP contribution in [0.3, 0.4) is 0 Å². The monoisotopic (exact) mass is 579 g/mol. The maximum Gasteiger partial charge on any atom is 0.275 e. The van der Waals surface area contributed by atoms with E-state index >= 15 is 0 Å². The van der Waals surface area contributed by atoms with E-state index in [4.69, 9.17) is 11.6 Å². The van der Waals surface area contributed by atoms with Crippen molar-refractivity contribution in [3.05, 3.63) is 77.0 Å². The Morgan fingerprint density at radius 1 is 1.20 bits per heavy atom. The van der Waals surface area contributed by atoms with Crippen LogP contribution in [-0.2, 0) is 0 Å². The van der Waals surface area contributed by atoms with E-state index in [2.05, 4.69) is 36.4 Å². The van der Waals surface area contributed by atoms with Crippen LogP contribution in [0.1, 0.15) is 47.4 Å². The van der Waals surface area contributed by atoms with Gasteiger partial charge in [-0.25, -0.2) is 28.1 Å². The predicted octanol–water partition coefficient (Wildman–Crippen LogP) is 5.07. The van der Waals surface area contributed by atoms with Crippen LogP contribution in [0.25, 0.3) is 11.3 Å². The Labute approximate surface area is 236 Å². The smallest absolute Gasteiger partial charge is 0.275 e. The molecule has 1 unspecified atom stereocenters. The number of anilines is 2. The zero-order chi connectivity index (χ0) is 28.8. The number of carbonyl (C=O) groups is 1. The van der Waals surface area contributed by atoms with Crippen LogP contribution in [0.15, 0.2) is 49.3 Å². The molecule has 14 heteroatoms. The third-order valence-electron chi connectivity index (χ3n) is 7.42. The lowest BCUT2D eigenvalue weighted by atomic mass is 10.0. The van der Waals surface area contributed by atoms with Crippen molar-refractivity contribution in [2.75, 3.05) is 16.8 Å². The predicted molar refractivity (Wildman–Crippen MR) is 142 cm³/mol. The first kappa shape index (κ1) is 26.6. The molecule has 2 aliphatic rings. The van der Waals surface area contributed by atoms with Gasteiger partial charge in [0.25, 0.3) is 12.3 Å². The van der Waals surface area contributed by atoms with E-state index in [1.165, 1.54) is 6.20 Å². The van der Waals surface area contributed by atoms with Crippen molar-refractivity contribution in [1.82, 2.24) is 29.7 Å². The molecule has 10 nitrogen and oxygen atoms in total. The van der Waals surface area contributed by atoms with Crippen LogP contribution in [0, 0.1) is 29.0 Å². The fourth-order valence-corrected chi connectivity index (χ4v) is 5.26. The van der Waals surface area contributed by atoms with Gasteiger partial charge < -0.3 is 10.2 Å². The van der Waals surface area contributed by atoms with Crippen molar-refractivity contribution in [2.45, 2.75) is 31.9 Å². The second-order valence-electron chi connectivity index (χ2n) is 9.96. The van der Waals surface area contributed by atoms with Crippen molar-refractivity contribution in [3.63, 3.8) is 0 Å². The van der Waals surface area contributed by atoms with Crippen molar-refractivity contribution >= 4 is 29.1 Å². The number of carbonyl (C=O) groups excluding carboxylic acids is 1. The molecule has 4 aromatic rings. The lowest BCUT2D eigenvalue weighted by molar-refractivity contribution is 0.102. The number of piperidine rings is 1. The second kappa shape index (κ2) is 10.4. The van der Waals surface area contributed by atoms with Gasteiger partial charge in [-0.3, -0.25) is 14.5 Å². The molecular weight excluding hydrogens is 559 g/mol. The van der Waals surface area contributed by atoms with Gasteiger partial charge in [-0.2, -0.15) is 10.4 Å². The molecule has 4 atom stereocenters. The van der Waals surface area contributed by atoms with Crippen LogP contribution in [0.2, 0.25) is 5.02 Å². The Morgan fingerprint density at radius 2 is 1.98 bits per heavy atom. The molecule has 1 aliphatic carbocycles. The molecule has 4 heterocycles. The number of alkyl halides is 2. The minimum absolute atomic E-state index is 0.193. The van der Waals surface area contributed by atoms with E-state index in [1.54, 1.807) is 23.3 Å². The van der Waals surface area contributed by atoms with Gasteiger partial charge in [0.15, 0.2) is 5.82 Å². The Hall–Kier alpha value is -4.57. The van der Waals surface area contributed by atoms with Gasteiger partial charge in [0.1, 0.15) is 11.7 Å². The quantitative estimate of drug-likeness (QED) is 0.322.